The van der Waals surface area contributed by atoms with Crippen LogP contribution < -0.4 is 0 Å². The SMILES string of the molecule is CS(=O)(=O)N1CCCN(C(=O)c2cc(F)cc(F)c2)CC1. The van der Waals surface area contributed by atoms with Gasteiger partial charge in [0.05, 0.1) is 6.26 Å². The van der Waals surface area contributed by atoms with Crippen molar-refractivity contribution < 1.29 is 22.0 Å². The number of hydrogen-bond acceptors (Lipinski definition) is 3. The Kier molecular flexibility index (Phi) is 4.58. The predicted molar refractivity (Wildman–Crippen MR) is 73.3 cm³/mol. The summed E-state index contributed by atoms with van der Waals surface area (Å²) in [5.41, 5.74) is -0.0692. The van der Waals surface area contributed by atoms with Crippen LogP contribution in [0.15, 0.2) is 18.2 Å². The molecule has 0 saturated carbocycles. The van der Waals surface area contributed by atoms with Gasteiger partial charge in [0, 0.05) is 37.8 Å². The lowest BCUT2D eigenvalue weighted by molar-refractivity contribution is 0.0763. The van der Waals surface area contributed by atoms with Gasteiger partial charge in [-0.15, -0.1) is 0 Å². The highest BCUT2D eigenvalue weighted by Crippen LogP contribution is 2.13. The molecule has 21 heavy (non-hydrogen) atoms. The zero-order valence-electron chi connectivity index (χ0n) is 11.6. The van der Waals surface area contributed by atoms with Crippen molar-refractivity contribution >= 4 is 15.9 Å². The number of hydrogen-bond donors (Lipinski definition) is 0. The molecule has 5 nitrogen and oxygen atoms in total. The molecule has 1 aromatic rings. The molecule has 1 fully saturated rings. The molecule has 0 N–H and O–H groups in total. The monoisotopic (exact) mass is 318 g/mol. The minimum absolute atomic E-state index is 0.0692. The number of nitrogens with zero attached hydrogens (tertiary/aromatic N) is 2. The van der Waals surface area contributed by atoms with Gasteiger partial charge in [0.15, 0.2) is 0 Å². The smallest absolute Gasteiger partial charge is 0.254 e. The van der Waals surface area contributed by atoms with Crippen molar-refractivity contribution in [3.63, 3.8) is 0 Å². The van der Waals surface area contributed by atoms with Crippen LogP contribution in [0.3, 0.4) is 0 Å². The highest BCUT2D eigenvalue weighted by atomic mass is 32.2. The molecule has 0 radical (unpaired) electrons. The van der Waals surface area contributed by atoms with E-state index in [1.165, 1.54) is 9.21 Å². The fourth-order valence-corrected chi connectivity index (χ4v) is 3.16. The first-order chi connectivity index (χ1) is 9.77. The van der Waals surface area contributed by atoms with E-state index in [4.69, 9.17) is 0 Å². The van der Waals surface area contributed by atoms with Gasteiger partial charge in [-0.2, -0.15) is 0 Å². The Labute approximate surface area is 122 Å². The fraction of sp³-hybridized carbons (Fsp3) is 0.462. The average molecular weight is 318 g/mol. The van der Waals surface area contributed by atoms with Crippen LogP contribution in [0.2, 0.25) is 0 Å². The molecule has 0 atom stereocenters. The van der Waals surface area contributed by atoms with Crippen molar-refractivity contribution in [1.29, 1.82) is 0 Å². The maximum Gasteiger partial charge on any atom is 0.254 e. The van der Waals surface area contributed by atoms with E-state index in [-0.39, 0.29) is 18.7 Å². The van der Waals surface area contributed by atoms with Crippen molar-refractivity contribution in [2.75, 3.05) is 32.4 Å². The summed E-state index contributed by atoms with van der Waals surface area (Å²) in [7, 11) is -3.30. The van der Waals surface area contributed by atoms with Crippen molar-refractivity contribution in [1.82, 2.24) is 9.21 Å². The third kappa shape index (κ3) is 3.98. The molecule has 0 spiro atoms. The third-order valence-corrected chi connectivity index (χ3v) is 4.62. The summed E-state index contributed by atoms with van der Waals surface area (Å²) >= 11 is 0. The lowest BCUT2D eigenvalue weighted by Crippen LogP contribution is -2.37. The van der Waals surface area contributed by atoms with Crippen LogP contribution >= 0.6 is 0 Å². The van der Waals surface area contributed by atoms with Crippen molar-refractivity contribution in [3.05, 3.63) is 35.4 Å². The summed E-state index contributed by atoms with van der Waals surface area (Å²) in [6.07, 6.45) is 1.60. The van der Waals surface area contributed by atoms with E-state index in [1.54, 1.807) is 0 Å². The molecular formula is C13H16F2N2O3S. The Morgan fingerprint density at radius 1 is 1.05 bits per heavy atom. The first kappa shape index (κ1) is 15.8. The van der Waals surface area contributed by atoms with Crippen LogP contribution in [0.1, 0.15) is 16.8 Å². The zero-order chi connectivity index (χ0) is 15.6. The number of halogens is 2. The molecule has 1 amide bonds. The van der Waals surface area contributed by atoms with Gasteiger partial charge in [0.25, 0.3) is 5.91 Å². The number of benzene rings is 1. The molecular weight excluding hydrogens is 302 g/mol. The zero-order valence-corrected chi connectivity index (χ0v) is 12.4. The highest BCUT2D eigenvalue weighted by Gasteiger charge is 2.24. The molecule has 0 aromatic heterocycles. The Morgan fingerprint density at radius 2 is 1.67 bits per heavy atom. The predicted octanol–water partition coefficient (Wildman–Crippen LogP) is 1.07. The molecule has 2 rings (SSSR count). The van der Waals surface area contributed by atoms with E-state index >= 15 is 0 Å². The Hall–Kier alpha value is -1.54. The summed E-state index contributed by atoms with van der Waals surface area (Å²) in [6, 6.07) is 2.65. The van der Waals surface area contributed by atoms with E-state index < -0.39 is 27.6 Å². The van der Waals surface area contributed by atoms with Gasteiger partial charge in [0.1, 0.15) is 11.6 Å². The summed E-state index contributed by atoms with van der Waals surface area (Å²) in [6.45, 7) is 1.06. The van der Waals surface area contributed by atoms with E-state index in [2.05, 4.69) is 0 Å². The molecule has 1 heterocycles. The lowest BCUT2D eigenvalue weighted by Gasteiger charge is -2.21. The second-order valence-electron chi connectivity index (χ2n) is 4.97. The molecule has 1 aliphatic rings. The standard InChI is InChI=1S/C13H16F2N2O3S/c1-21(19,20)17-4-2-3-16(5-6-17)13(18)10-7-11(14)9-12(15)8-10/h7-9H,2-6H2,1H3. The molecule has 0 aliphatic carbocycles. The largest absolute Gasteiger partial charge is 0.337 e. The number of carbonyl (C=O) groups is 1. The van der Waals surface area contributed by atoms with Crippen LogP contribution in [0.25, 0.3) is 0 Å². The fourth-order valence-electron chi connectivity index (χ4n) is 2.29. The van der Waals surface area contributed by atoms with Crippen LogP contribution in [0.5, 0.6) is 0 Å². The maximum absolute atomic E-state index is 13.2. The van der Waals surface area contributed by atoms with E-state index in [1.807, 2.05) is 0 Å². The van der Waals surface area contributed by atoms with Gasteiger partial charge in [-0.1, -0.05) is 0 Å². The average Bonchev–Trinajstić information content (AvgIpc) is 2.61. The number of rotatable bonds is 2. The van der Waals surface area contributed by atoms with Crippen LogP contribution in [0.4, 0.5) is 8.78 Å². The topological polar surface area (TPSA) is 57.7 Å². The van der Waals surface area contributed by atoms with Crippen molar-refractivity contribution in [2.45, 2.75) is 6.42 Å². The van der Waals surface area contributed by atoms with Crippen LogP contribution in [0, 0.1) is 11.6 Å². The summed E-state index contributed by atoms with van der Waals surface area (Å²) in [4.78, 5) is 13.7. The first-order valence-corrected chi connectivity index (χ1v) is 8.33. The number of carbonyl (C=O) groups excluding carboxylic acids is 1. The second kappa shape index (κ2) is 6.07. The first-order valence-electron chi connectivity index (χ1n) is 6.48. The van der Waals surface area contributed by atoms with Crippen LogP contribution in [-0.2, 0) is 10.0 Å². The van der Waals surface area contributed by atoms with Gasteiger partial charge < -0.3 is 4.90 Å². The van der Waals surface area contributed by atoms with Gasteiger partial charge in [-0.25, -0.2) is 21.5 Å². The third-order valence-electron chi connectivity index (χ3n) is 3.32. The van der Waals surface area contributed by atoms with E-state index in [9.17, 15) is 22.0 Å². The Balaban J connectivity index is 2.13. The lowest BCUT2D eigenvalue weighted by atomic mass is 10.2. The molecule has 8 heteroatoms. The molecule has 0 bridgehead atoms. The number of amides is 1. The molecule has 1 aliphatic heterocycles. The van der Waals surface area contributed by atoms with Gasteiger partial charge in [-0.05, 0) is 18.6 Å². The second-order valence-corrected chi connectivity index (χ2v) is 6.95. The Morgan fingerprint density at radius 3 is 2.24 bits per heavy atom. The maximum atomic E-state index is 13.2. The summed E-state index contributed by atoms with van der Waals surface area (Å²) in [5, 5.41) is 0. The molecule has 1 aromatic carbocycles. The Bertz CT molecular complexity index is 629. The molecule has 1 saturated heterocycles. The number of sulfonamides is 1. The van der Waals surface area contributed by atoms with Gasteiger partial charge in [-0.3, -0.25) is 4.79 Å². The molecule has 116 valence electrons. The van der Waals surface area contributed by atoms with Crippen LogP contribution in [-0.4, -0.2) is 56.0 Å². The minimum atomic E-state index is -3.30. The highest BCUT2D eigenvalue weighted by molar-refractivity contribution is 7.88. The summed E-state index contributed by atoms with van der Waals surface area (Å²) in [5.74, 6) is -2.12. The van der Waals surface area contributed by atoms with Gasteiger partial charge in [0.2, 0.25) is 10.0 Å². The van der Waals surface area contributed by atoms with E-state index in [0.29, 0.717) is 25.6 Å². The summed E-state index contributed by atoms with van der Waals surface area (Å²) < 4.78 is 50.6. The minimum Gasteiger partial charge on any atom is -0.337 e. The molecule has 0 unspecified atom stereocenters. The van der Waals surface area contributed by atoms with E-state index in [0.717, 1.165) is 18.4 Å². The van der Waals surface area contributed by atoms with Gasteiger partial charge >= 0.3 is 0 Å². The van der Waals surface area contributed by atoms with Crippen molar-refractivity contribution in [2.24, 2.45) is 0 Å². The quantitative estimate of drug-likeness (QED) is 0.820. The van der Waals surface area contributed by atoms with Crippen molar-refractivity contribution in [3.8, 4) is 0 Å². The normalized spacial score (nSPS) is 17.6.